The van der Waals surface area contributed by atoms with Crippen molar-refractivity contribution in [2.75, 3.05) is 37.7 Å². The number of rotatable bonds is 6. The molecular weight excluding hydrogens is 439 g/mol. The van der Waals surface area contributed by atoms with E-state index >= 15 is 0 Å². The topological polar surface area (TPSA) is 96.0 Å². The zero-order valence-electron chi connectivity index (χ0n) is 16.8. The largest absolute Gasteiger partial charge is 0.440 e. The third kappa shape index (κ3) is 5.88. The number of benzene rings is 1. The second-order valence-electron chi connectivity index (χ2n) is 7.42. The average molecular weight is 463 g/mol. The number of alkyl carbamates (subject to hydrolysis) is 1. The molecule has 0 saturated carbocycles. The molecule has 0 aromatic heterocycles. The molecule has 2 heterocycles. The second kappa shape index (κ2) is 9.43. The van der Waals surface area contributed by atoms with E-state index in [-0.39, 0.29) is 23.8 Å². The van der Waals surface area contributed by atoms with Gasteiger partial charge in [0.25, 0.3) is 0 Å². The zero-order chi connectivity index (χ0) is 22.6. The van der Waals surface area contributed by atoms with E-state index in [2.05, 4.69) is 10.1 Å². The summed E-state index contributed by atoms with van der Waals surface area (Å²) in [5.41, 5.74) is 1.34. The number of nitrogens with one attached hydrogen (secondary N) is 1. The van der Waals surface area contributed by atoms with Gasteiger partial charge in [0.1, 0.15) is 0 Å². The fraction of sp³-hybridized carbons (Fsp3) is 0.579. The molecule has 1 saturated heterocycles. The van der Waals surface area contributed by atoms with Crippen LogP contribution >= 0.6 is 0 Å². The lowest BCUT2D eigenvalue weighted by Gasteiger charge is -2.26. The predicted molar refractivity (Wildman–Crippen MR) is 105 cm³/mol. The molecular formula is C19H24F3N3O5S. The molecule has 31 heavy (non-hydrogen) atoms. The molecule has 2 amide bonds. The highest BCUT2D eigenvalue weighted by atomic mass is 32.2. The molecule has 2 aliphatic heterocycles. The quantitative estimate of drug-likeness (QED) is 0.699. The van der Waals surface area contributed by atoms with Crippen LogP contribution in [0.5, 0.6) is 0 Å². The van der Waals surface area contributed by atoms with Crippen LogP contribution in [0, 0.1) is 0 Å². The van der Waals surface area contributed by atoms with Crippen LogP contribution in [-0.2, 0) is 26.0 Å². The molecule has 0 atom stereocenters. The Labute approximate surface area is 178 Å². The SMILES string of the molecule is O=C(NCCC(=O)N1CCc2cc(S(=O)(=O)N3CCCCC3)ccc21)OCC(F)(F)F. The van der Waals surface area contributed by atoms with Gasteiger partial charge < -0.3 is 15.0 Å². The number of hydrogen-bond acceptors (Lipinski definition) is 5. The molecule has 0 unspecified atom stereocenters. The van der Waals surface area contributed by atoms with Gasteiger partial charge in [0.2, 0.25) is 15.9 Å². The fourth-order valence-corrected chi connectivity index (χ4v) is 5.23. The van der Waals surface area contributed by atoms with E-state index < -0.39 is 28.9 Å². The summed E-state index contributed by atoms with van der Waals surface area (Å²) in [5, 5.41) is 2.11. The fourth-order valence-electron chi connectivity index (χ4n) is 3.66. The first kappa shape index (κ1) is 23.3. The molecule has 1 fully saturated rings. The minimum atomic E-state index is -4.62. The molecule has 2 aliphatic rings. The first-order valence-electron chi connectivity index (χ1n) is 9.99. The van der Waals surface area contributed by atoms with Crippen LogP contribution in [0.25, 0.3) is 0 Å². The van der Waals surface area contributed by atoms with Crippen molar-refractivity contribution >= 4 is 27.7 Å². The van der Waals surface area contributed by atoms with Crippen LogP contribution in [0.4, 0.5) is 23.7 Å². The Morgan fingerprint density at radius 1 is 1.10 bits per heavy atom. The molecule has 1 aromatic carbocycles. The highest BCUT2D eigenvalue weighted by Gasteiger charge is 2.31. The van der Waals surface area contributed by atoms with Gasteiger partial charge in [0.15, 0.2) is 6.61 Å². The lowest BCUT2D eigenvalue weighted by atomic mass is 10.2. The Bertz CT molecular complexity index is 930. The number of alkyl halides is 3. The minimum absolute atomic E-state index is 0.131. The van der Waals surface area contributed by atoms with Crippen molar-refractivity contribution in [3.63, 3.8) is 0 Å². The number of nitrogens with zero attached hydrogens (tertiary/aromatic N) is 2. The summed E-state index contributed by atoms with van der Waals surface area (Å²) >= 11 is 0. The Morgan fingerprint density at radius 2 is 1.81 bits per heavy atom. The van der Waals surface area contributed by atoms with Gasteiger partial charge in [-0.05, 0) is 43.0 Å². The smallest absolute Gasteiger partial charge is 0.422 e. The zero-order valence-corrected chi connectivity index (χ0v) is 17.6. The van der Waals surface area contributed by atoms with E-state index in [1.807, 2.05) is 0 Å². The number of carbonyl (C=O) groups excluding carboxylic acids is 2. The van der Waals surface area contributed by atoms with Crippen molar-refractivity contribution in [1.82, 2.24) is 9.62 Å². The van der Waals surface area contributed by atoms with Gasteiger partial charge >= 0.3 is 12.3 Å². The number of anilines is 1. The highest BCUT2D eigenvalue weighted by molar-refractivity contribution is 7.89. The van der Waals surface area contributed by atoms with Gasteiger partial charge in [-0.1, -0.05) is 6.42 Å². The molecule has 0 bridgehead atoms. The summed E-state index contributed by atoms with van der Waals surface area (Å²) in [6, 6.07) is 4.68. The standard InChI is InChI=1S/C19H24F3N3O5S/c20-19(21,22)13-30-18(27)23-8-6-17(26)25-11-7-14-12-15(4-5-16(14)25)31(28,29)24-9-2-1-3-10-24/h4-5,12H,1-3,6-11,13H2,(H,23,27). The van der Waals surface area contributed by atoms with E-state index in [1.165, 1.54) is 15.3 Å². The Morgan fingerprint density at radius 3 is 2.48 bits per heavy atom. The van der Waals surface area contributed by atoms with Gasteiger partial charge in [0, 0.05) is 38.3 Å². The van der Waals surface area contributed by atoms with Gasteiger partial charge in [-0.25, -0.2) is 13.2 Å². The number of fused-ring (bicyclic) bond motifs is 1. The van der Waals surface area contributed by atoms with E-state index in [0.29, 0.717) is 31.7 Å². The van der Waals surface area contributed by atoms with Crippen molar-refractivity contribution in [1.29, 1.82) is 0 Å². The van der Waals surface area contributed by atoms with Gasteiger partial charge in [-0.3, -0.25) is 4.79 Å². The van der Waals surface area contributed by atoms with Crippen molar-refractivity contribution in [3.05, 3.63) is 23.8 Å². The third-order valence-electron chi connectivity index (χ3n) is 5.18. The summed E-state index contributed by atoms with van der Waals surface area (Å²) in [6.07, 6.45) is -2.82. The monoisotopic (exact) mass is 463 g/mol. The summed E-state index contributed by atoms with van der Waals surface area (Å²) in [6.45, 7) is -0.511. The number of carbonyl (C=O) groups is 2. The maximum Gasteiger partial charge on any atom is 0.422 e. The third-order valence-corrected chi connectivity index (χ3v) is 7.07. The molecule has 3 rings (SSSR count). The number of amides is 2. The van der Waals surface area contributed by atoms with E-state index in [1.54, 1.807) is 12.1 Å². The van der Waals surface area contributed by atoms with Crippen molar-refractivity contribution < 1.29 is 35.9 Å². The van der Waals surface area contributed by atoms with E-state index in [0.717, 1.165) is 24.8 Å². The molecule has 0 aliphatic carbocycles. The van der Waals surface area contributed by atoms with Crippen LogP contribution in [0.2, 0.25) is 0 Å². The minimum Gasteiger partial charge on any atom is -0.440 e. The van der Waals surface area contributed by atoms with Crippen LogP contribution < -0.4 is 10.2 Å². The molecule has 0 radical (unpaired) electrons. The molecule has 1 aromatic rings. The predicted octanol–water partition coefficient (Wildman–Crippen LogP) is 2.43. The maximum atomic E-state index is 12.8. The lowest BCUT2D eigenvalue weighted by Crippen LogP contribution is -2.35. The molecule has 0 spiro atoms. The van der Waals surface area contributed by atoms with Crippen molar-refractivity contribution in [3.8, 4) is 0 Å². The summed E-state index contributed by atoms with van der Waals surface area (Å²) in [4.78, 5) is 25.4. The molecule has 8 nitrogen and oxygen atoms in total. The first-order chi connectivity index (χ1) is 14.6. The highest BCUT2D eigenvalue weighted by Crippen LogP contribution is 2.32. The van der Waals surface area contributed by atoms with Crippen molar-refractivity contribution in [2.45, 2.75) is 43.2 Å². The number of halogens is 3. The molecule has 1 N–H and O–H groups in total. The maximum absolute atomic E-state index is 12.8. The molecule has 172 valence electrons. The van der Waals surface area contributed by atoms with E-state index in [4.69, 9.17) is 0 Å². The number of ether oxygens (including phenoxy) is 1. The van der Waals surface area contributed by atoms with Crippen LogP contribution in [-0.4, -0.2) is 63.7 Å². The molecule has 12 heteroatoms. The Hall–Kier alpha value is -2.34. The second-order valence-corrected chi connectivity index (χ2v) is 9.36. The lowest BCUT2D eigenvalue weighted by molar-refractivity contribution is -0.160. The van der Waals surface area contributed by atoms with Gasteiger partial charge in [-0.2, -0.15) is 17.5 Å². The number of sulfonamides is 1. The first-order valence-corrected chi connectivity index (χ1v) is 11.4. The van der Waals surface area contributed by atoms with Crippen LogP contribution in [0.1, 0.15) is 31.2 Å². The normalized spacial score (nSPS) is 17.3. The van der Waals surface area contributed by atoms with Gasteiger partial charge in [-0.15, -0.1) is 0 Å². The van der Waals surface area contributed by atoms with Crippen LogP contribution in [0.15, 0.2) is 23.1 Å². The number of piperidine rings is 1. The summed E-state index contributed by atoms with van der Waals surface area (Å²) in [7, 11) is -3.57. The summed E-state index contributed by atoms with van der Waals surface area (Å²) in [5.74, 6) is -0.332. The number of hydrogen-bond donors (Lipinski definition) is 1. The summed E-state index contributed by atoms with van der Waals surface area (Å²) < 4.78 is 67.2. The Balaban J connectivity index is 1.57. The average Bonchev–Trinajstić information content (AvgIpc) is 3.16. The van der Waals surface area contributed by atoms with Crippen LogP contribution in [0.3, 0.4) is 0 Å². The van der Waals surface area contributed by atoms with Crippen molar-refractivity contribution in [2.24, 2.45) is 0 Å². The van der Waals surface area contributed by atoms with E-state index in [9.17, 15) is 31.2 Å². The van der Waals surface area contributed by atoms with Gasteiger partial charge in [0.05, 0.1) is 4.90 Å². The Kier molecular flexibility index (Phi) is 7.10.